The van der Waals surface area contributed by atoms with Gasteiger partial charge in [-0.25, -0.2) is 9.78 Å². The number of hydrogen-bond donors (Lipinski definition) is 1. The molecule has 1 fully saturated rings. The molecule has 31 heavy (non-hydrogen) atoms. The molecule has 3 heterocycles. The van der Waals surface area contributed by atoms with Crippen LogP contribution >= 0.6 is 0 Å². The van der Waals surface area contributed by atoms with Crippen molar-refractivity contribution in [2.45, 2.75) is 52.1 Å². The molecule has 1 N–H and O–H groups in total. The summed E-state index contributed by atoms with van der Waals surface area (Å²) in [6, 6.07) is 2.48. The monoisotopic (exact) mass is 423 g/mol. The Kier molecular flexibility index (Phi) is 5.05. The summed E-state index contributed by atoms with van der Waals surface area (Å²) in [5.41, 5.74) is 1.72. The summed E-state index contributed by atoms with van der Waals surface area (Å²) in [6.07, 6.45) is 5.65. The Hall–Kier alpha value is -3.61. The van der Waals surface area contributed by atoms with E-state index in [-0.39, 0.29) is 29.7 Å². The molecule has 1 aliphatic carbocycles. The lowest BCUT2D eigenvalue weighted by Gasteiger charge is -2.19. The molecule has 10 heteroatoms. The Morgan fingerprint density at radius 1 is 1.23 bits per heavy atom. The summed E-state index contributed by atoms with van der Waals surface area (Å²) in [5, 5.41) is 12.6. The minimum Gasteiger partial charge on any atom is -0.327 e. The smallest absolute Gasteiger partial charge is 0.327 e. The Morgan fingerprint density at radius 2 is 1.90 bits per heavy atom. The number of nitrogens with one attached hydrogen (secondary N) is 1. The van der Waals surface area contributed by atoms with Crippen LogP contribution in [0.25, 0.3) is 11.2 Å². The highest BCUT2D eigenvalue weighted by Gasteiger charge is 2.27. The van der Waals surface area contributed by atoms with E-state index in [9.17, 15) is 19.6 Å². The minimum atomic E-state index is -0.512. The van der Waals surface area contributed by atoms with Gasteiger partial charge in [0.1, 0.15) is 18.4 Å². The van der Waals surface area contributed by atoms with E-state index in [1.54, 1.807) is 0 Å². The molecule has 10 nitrogen and oxygen atoms in total. The molecule has 0 atom stereocenters. The molecule has 1 aliphatic rings. The first-order chi connectivity index (χ1) is 14.8. The largest absolute Gasteiger partial charge is 0.332 e. The zero-order valence-electron chi connectivity index (χ0n) is 18.1. The van der Waals surface area contributed by atoms with Crippen LogP contribution in [-0.4, -0.2) is 29.2 Å². The zero-order valence-corrected chi connectivity index (χ0v) is 18.1. The maximum atomic E-state index is 13.0. The Bertz CT molecular complexity index is 1360. The van der Waals surface area contributed by atoms with Crippen molar-refractivity contribution in [1.82, 2.24) is 23.3 Å². The van der Waals surface area contributed by atoms with Crippen LogP contribution in [0.5, 0.6) is 0 Å². The Labute approximate surface area is 178 Å². The van der Waals surface area contributed by atoms with Gasteiger partial charge in [0.2, 0.25) is 5.91 Å². The van der Waals surface area contributed by atoms with Gasteiger partial charge < -0.3 is 14.5 Å². The molecule has 0 spiro atoms. The van der Waals surface area contributed by atoms with Crippen molar-refractivity contribution >= 4 is 22.9 Å². The van der Waals surface area contributed by atoms with E-state index < -0.39 is 11.2 Å². The van der Waals surface area contributed by atoms with Gasteiger partial charge in [-0.3, -0.25) is 18.7 Å². The highest BCUT2D eigenvalue weighted by molar-refractivity contribution is 5.92. The van der Waals surface area contributed by atoms with Gasteiger partial charge in [0.15, 0.2) is 11.2 Å². The number of anilines is 1. The molecular weight excluding hydrogens is 398 g/mol. The molecule has 162 valence electrons. The summed E-state index contributed by atoms with van der Waals surface area (Å²) in [4.78, 5) is 41.8. The third-order valence-corrected chi connectivity index (χ3v) is 6.35. The van der Waals surface area contributed by atoms with Gasteiger partial charge >= 0.3 is 5.69 Å². The van der Waals surface area contributed by atoms with Crippen LogP contribution in [0.2, 0.25) is 0 Å². The Balaban J connectivity index is 1.71. The van der Waals surface area contributed by atoms with Crippen LogP contribution in [0.15, 0.2) is 15.9 Å². The van der Waals surface area contributed by atoms with Gasteiger partial charge in [-0.1, -0.05) is 12.8 Å². The van der Waals surface area contributed by atoms with Crippen molar-refractivity contribution in [2.24, 2.45) is 14.1 Å². The third kappa shape index (κ3) is 3.17. The van der Waals surface area contributed by atoms with Crippen molar-refractivity contribution < 1.29 is 4.79 Å². The lowest BCUT2D eigenvalue weighted by Crippen LogP contribution is -2.37. The maximum absolute atomic E-state index is 13.0. The van der Waals surface area contributed by atoms with Gasteiger partial charge in [-0.2, -0.15) is 5.26 Å². The molecule has 0 radical (unpaired) electrons. The summed E-state index contributed by atoms with van der Waals surface area (Å²) in [7, 11) is 2.92. The van der Waals surface area contributed by atoms with E-state index >= 15 is 0 Å². The highest BCUT2D eigenvalue weighted by atomic mass is 16.2. The van der Waals surface area contributed by atoms with Crippen LogP contribution in [0.3, 0.4) is 0 Å². The number of hydrogen-bond acceptors (Lipinski definition) is 5. The fourth-order valence-corrected chi connectivity index (χ4v) is 4.55. The normalized spacial score (nSPS) is 14.3. The predicted molar refractivity (Wildman–Crippen MR) is 115 cm³/mol. The zero-order chi connectivity index (χ0) is 22.4. The number of nitriles is 1. The molecule has 0 unspecified atom stereocenters. The number of nitrogens with zero attached hydrogens (tertiary/aromatic N) is 6. The maximum Gasteiger partial charge on any atom is 0.332 e. The van der Waals surface area contributed by atoms with Crippen molar-refractivity contribution in [3.8, 4) is 6.07 Å². The van der Waals surface area contributed by atoms with E-state index in [1.165, 1.54) is 29.6 Å². The average molecular weight is 423 g/mol. The van der Waals surface area contributed by atoms with Crippen molar-refractivity contribution in [3.63, 3.8) is 0 Å². The summed E-state index contributed by atoms with van der Waals surface area (Å²) in [6.45, 7) is 3.70. The fourth-order valence-electron chi connectivity index (χ4n) is 4.55. The molecule has 3 aromatic rings. The number of fused-ring (bicyclic) bond motifs is 1. The number of carbonyl (C=O) groups excluding carboxylic acids is 1. The topological polar surface area (TPSA) is 120 Å². The van der Waals surface area contributed by atoms with Crippen LogP contribution in [0.4, 0.5) is 5.82 Å². The number of imidazole rings is 1. The number of amides is 1. The number of carbonyl (C=O) groups is 1. The van der Waals surface area contributed by atoms with E-state index in [0.29, 0.717) is 11.4 Å². The van der Waals surface area contributed by atoms with Gasteiger partial charge in [0.25, 0.3) is 5.56 Å². The van der Waals surface area contributed by atoms with Gasteiger partial charge in [-0.05, 0) is 32.3 Å². The molecule has 1 amide bonds. The third-order valence-electron chi connectivity index (χ3n) is 6.35. The van der Waals surface area contributed by atoms with Crippen LogP contribution in [0, 0.1) is 25.2 Å². The second kappa shape index (κ2) is 7.58. The first kappa shape index (κ1) is 20.7. The standard InChI is InChI=1S/C21H25N7O3/c1-12-13(2)28(14-7-5-6-8-14)18(15(12)9-22)24-16(29)10-27-11-23-19-17(27)20(30)26(4)21(31)25(19)3/h11,14H,5-8,10H2,1-4H3,(H,24,29). The van der Waals surface area contributed by atoms with Gasteiger partial charge in [0, 0.05) is 25.8 Å². The van der Waals surface area contributed by atoms with Crippen molar-refractivity contribution in [1.29, 1.82) is 5.26 Å². The quantitative estimate of drug-likeness (QED) is 0.682. The van der Waals surface area contributed by atoms with E-state index in [1.807, 2.05) is 13.8 Å². The van der Waals surface area contributed by atoms with E-state index in [2.05, 4.69) is 20.9 Å². The van der Waals surface area contributed by atoms with Crippen LogP contribution in [0.1, 0.15) is 48.5 Å². The van der Waals surface area contributed by atoms with Crippen LogP contribution in [-0.2, 0) is 25.4 Å². The summed E-state index contributed by atoms with van der Waals surface area (Å²) >= 11 is 0. The average Bonchev–Trinajstić information content (AvgIpc) is 3.45. The molecule has 4 rings (SSSR count). The summed E-state index contributed by atoms with van der Waals surface area (Å²) in [5.74, 6) is 0.141. The van der Waals surface area contributed by atoms with Gasteiger partial charge in [0.05, 0.1) is 11.9 Å². The second-order valence-electron chi connectivity index (χ2n) is 8.15. The molecule has 1 saturated carbocycles. The van der Waals surface area contributed by atoms with Crippen molar-refractivity contribution in [2.75, 3.05) is 5.32 Å². The van der Waals surface area contributed by atoms with Gasteiger partial charge in [-0.15, -0.1) is 0 Å². The molecule has 0 bridgehead atoms. The highest BCUT2D eigenvalue weighted by Crippen LogP contribution is 2.37. The fraction of sp³-hybridized carbons (Fsp3) is 0.476. The first-order valence-electron chi connectivity index (χ1n) is 10.3. The number of aromatic nitrogens is 5. The van der Waals surface area contributed by atoms with E-state index in [4.69, 9.17) is 0 Å². The molecule has 0 aliphatic heterocycles. The number of rotatable bonds is 4. The predicted octanol–water partition coefficient (Wildman–Crippen LogP) is 1.48. The second-order valence-corrected chi connectivity index (χ2v) is 8.15. The Morgan fingerprint density at radius 3 is 2.55 bits per heavy atom. The molecular formula is C21H25N7O3. The SMILES string of the molecule is Cc1c(C#N)c(NC(=O)Cn2cnc3c2c(=O)n(C)c(=O)n3C)n(C2CCCC2)c1C. The molecule has 0 saturated heterocycles. The molecule has 3 aromatic heterocycles. The lowest BCUT2D eigenvalue weighted by atomic mass is 10.2. The van der Waals surface area contributed by atoms with Crippen molar-refractivity contribution in [3.05, 3.63) is 44.0 Å². The van der Waals surface area contributed by atoms with E-state index in [0.717, 1.165) is 41.5 Å². The molecule has 0 aromatic carbocycles. The first-order valence-corrected chi connectivity index (χ1v) is 10.3. The lowest BCUT2D eigenvalue weighted by molar-refractivity contribution is -0.116. The number of aryl methyl sites for hydroxylation is 1. The van der Waals surface area contributed by atoms with Crippen LogP contribution < -0.4 is 16.6 Å². The summed E-state index contributed by atoms with van der Waals surface area (Å²) < 4.78 is 5.77. The minimum absolute atomic E-state index is 0.164.